The minimum Gasteiger partial charge on any atom is -0.357 e. The Balaban J connectivity index is 2.36. The van der Waals surface area contributed by atoms with Gasteiger partial charge in [0, 0.05) is 30.6 Å². The number of hydrogen-bond donors (Lipinski definition) is 1. The summed E-state index contributed by atoms with van der Waals surface area (Å²) in [5.74, 6) is 0.830. The van der Waals surface area contributed by atoms with E-state index >= 15 is 0 Å². The van der Waals surface area contributed by atoms with Crippen molar-refractivity contribution < 1.29 is 4.52 Å². The lowest BCUT2D eigenvalue weighted by Gasteiger charge is -1.95. The maximum absolute atomic E-state index is 5.50. The molecule has 0 aliphatic heterocycles. The zero-order valence-electron chi connectivity index (χ0n) is 8.10. The SMILES string of the molecule is Cn1ccc(-c2oncc2CCN)c1. The maximum Gasteiger partial charge on any atom is 0.171 e. The molecule has 0 fully saturated rings. The van der Waals surface area contributed by atoms with Crippen molar-refractivity contribution in [2.45, 2.75) is 6.42 Å². The number of nitrogens with zero attached hydrogens (tertiary/aromatic N) is 2. The molecule has 2 rings (SSSR count). The Morgan fingerprint density at radius 1 is 1.57 bits per heavy atom. The number of nitrogens with two attached hydrogens (primary N) is 1. The van der Waals surface area contributed by atoms with Crippen molar-refractivity contribution in [2.75, 3.05) is 6.54 Å². The number of hydrogen-bond acceptors (Lipinski definition) is 3. The van der Waals surface area contributed by atoms with E-state index in [1.54, 1.807) is 6.20 Å². The Kier molecular flexibility index (Phi) is 2.37. The van der Waals surface area contributed by atoms with E-state index < -0.39 is 0 Å². The highest BCUT2D eigenvalue weighted by Crippen LogP contribution is 2.23. The van der Waals surface area contributed by atoms with Gasteiger partial charge >= 0.3 is 0 Å². The van der Waals surface area contributed by atoms with E-state index in [0.29, 0.717) is 6.54 Å². The first-order valence-electron chi connectivity index (χ1n) is 4.57. The summed E-state index contributed by atoms with van der Waals surface area (Å²) in [7, 11) is 1.97. The Labute approximate surface area is 82.3 Å². The van der Waals surface area contributed by atoms with E-state index in [2.05, 4.69) is 5.16 Å². The minimum atomic E-state index is 0.612. The van der Waals surface area contributed by atoms with Crippen molar-refractivity contribution >= 4 is 0 Å². The summed E-state index contributed by atoms with van der Waals surface area (Å²) >= 11 is 0. The lowest BCUT2D eigenvalue weighted by atomic mass is 10.1. The quantitative estimate of drug-likeness (QED) is 0.792. The normalized spacial score (nSPS) is 10.7. The summed E-state index contributed by atoms with van der Waals surface area (Å²) in [6.45, 7) is 0.612. The predicted octanol–water partition coefficient (Wildman–Crippen LogP) is 1.18. The molecule has 0 saturated heterocycles. The molecule has 0 bridgehead atoms. The fourth-order valence-electron chi connectivity index (χ4n) is 1.47. The molecule has 4 heteroatoms. The summed E-state index contributed by atoms with van der Waals surface area (Å²) in [5, 5.41) is 3.79. The van der Waals surface area contributed by atoms with Crippen LogP contribution in [0.1, 0.15) is 5.56 Å². The molecule has 0 aliphatic rings. The Hall–Kier alpha value is -1.55. The third kappa shape index (κ3) is 1.56. The Bertz CT molecular complexity index is 416. The van der Waals surface area contributed by atoms with Crippen molar-refractivity contribution in [3.05, 3.63) is 30.2 Å². The highest BCUT2D eigenvalue weighted by atomic mass is 16.5. The third-order valence-corrected chi connectivity index (χ3v) is 2.15. The Morgan fingerprint density at radius 3 is 3.07 bits per heavy atom. The lowest BCUT2D eigenvalue weighted by Crippen LogP contribution is -2.02. The molecule has 0 amide bonds. The van der Waals surface area contributed by atoms with Gasteiger partial charge in [0.25, 0.3) is 0 Å². The highest BCUT2D eigenvalue weighted by molar-refractivity contribution is 5.59. The van der Waals surface area contributed by atoms with Gasteiger partial charge in [0.1, 0.15) is 0 Å². The molecule has 0 spiro atoms. The molecular weight excluding hydrogens is 178 g/mol. The first-order valence-corrected chi connectivity index (χ1v) is 4.57. The molecule has 0 atom stereocenters. The topological polar surface area (TPSA) is 57.0 Å². The number of aryl methyl sites for hydroxylation is 1. The van der Waals surface area contributed by atoms with Gasteiger partial charge in [0.15, 0.2) is 5.76 Å². The van der Waals surface area contributed by atoms with Crippen LogP contribution in [-0.4, -0.2) is 16.3 Å². The molecule has 0 radical (unpaired) electrons. The molecule has 2 aromatic heterocycles. The van der Waals surface area contributed by atoms with Crippen molar-refractivity contribution in [1.82, 2.24) is 9.72 Å². The third-order valence-electron chi connectivity index (χ3n) is 2.15. The summed E-state index contributed by atoms with van der Waals surface area (Å²) in [6.07, 6.45) is 6.51. The summed E-state index contributed by atoms with van der Waals surface area (Å²) in [5.41, 5.74) is 7.61. The van der Waals surface area contributed by atoms with E-state index in [1.165, 1.54) is 0 Å². The monoisotopic (exact) mass is 191 g/mol. The molecule has 0 aliphatic carbocycles. The molecule has 0 unspecified atom stereocenters. The van der Waals surface area contributed by atoms with Crippen molar-refractivity contribution in [1.29, 1.82) is 0 Å². The van der Waals surface area contributed by atoms with Crippen LogP contribution in [-0.2, 0) is 13.5 Å². The molecule has 4 nitrogen and oxygen atoms in total. The molecular formula is C10H13N3O. The average molecular weight is 191 g/mol. The zero-order chi connectivity index (χ0) is 9.97. The van der Waals surface area contributed by atoms with Crippen LogP contribution in [0.3, 0.4) is 0 Å². The van der Waals surface area contributed by atoms with Gasteiger partial charge in [-0.2, -0.15) is 0 Å². The number of aromatic nitrogens is 2. The van der Waals surface area contributed by atoms with E-state index in [1.807, 2.05) is 30.1 Å². The lowest BCUT2D eigenvalue weighted by molar-refractivity contribution is 0.431. The highest BCUT2D eigenvalue weighted by Gasteiger charge is 2.10. The van der Waals surface area contributed by atoms with Gasteiger partial charge < -0.3 is 14.8 Å². The van der Waals surface area contributed by atoms with Crippen LogP contribution in [0.25, 0.3) is 11.3 Å². The van der Waals surface area contributed by atoms with Gasteiger partial charge in [0.05, 0.1) is 6.20 Å². The Morgan fingerprint density at radius 2 is 2.43 bits per heavy atom. The largest absolute Gasteiger partial charge is 0.357 e. The second-order valence-corrected chi connectivity index (χ2v) is 3.28. The van der Waals surface area contributed by atoms with E-state index in [9.17, 15) is 0 Å². The van der Waals surface area contributed by atoms with Crippen LogP contribution in [0.2, 0.25) is 0 Å². The standard InChI is InChI=1S/C10H13N3O/c1-13-5-3-9(7-13)10-8(2-4-11)6-12-14-10/h3,5-7H,2,4,11H2,1H3. The first-order chi connectivity index (χ1) is 6.81. The second-order valence-electron chi connectivity index (χ2n) is 3.28. The van der Waals surface area contributed by atoms with Crippen LogP contribution in [0.4, 0.5) is 0 Å². The minimum absolute atomic E-state index is 0.612. The summed E-state index contributed by atoms with van der Waals surface area (Å²) in [6, 6.07) is 2.00. The van der Waals surface area contributed by atoms with Gasteiger partial charge in [-0.3, -0.25) is 0 Å². The number of rotatable bonds is 3. The molecule has 2 N–H and O–H groups in total. The van der Waals surface area contributed by atoms with Crippen molar-refractivity contribution in [3.8, 4) is 11.3 Å². The maximum atomic E-state index is 5.50. The fraction of sp³-hybridized carbons (Fsp3) is 0.300. The predicted molar refractivity (Wildman–Crippen MR) is 53.7 cm³/mol. The first kappa shape index (κ1) is 9.02. The fourth-order valence-corrected chi connectivity index (χ4v) is 1.47. The van der Waals surface area contributed by atoms with Crippen LogP contribution in [0.5, 0.6) is 0 Å². The molecule has 0 aromatic carbocycles. The van der Waals surface area contributed by atoms with Crippen LogP contribution in [0, 0.1) is 0 Å². The van der Waals surface area contributed by atoms with Gasteiger partial charge in [-0.25, -0.2) is 0 Å². The average Bonchev–Trinajstić information content (AvgIpc) is 2.74. The molecule has 14 heavy (non-hydrogen) atoms. The molecule has 74 valence electrons. The van der Waals surface area contributed by atoms with E-state index in [4.69, 9.17) is 10.3 Å². The molecule has 2 aromatic rings. The second kappa shape index (κ2) is 3.67. The van der Waals surface area contributed by atoms with Gasteiger partial charge in [-0.1, -0.05) is 5.16 Å². The van der Waals surface area contributed by atoms with Crippen molar-refractivity contribution in [2.24, 2.45) is 12.8 Å². The van der Waals surface area contributed by atoms with E-state index in [0.717, 1.165) is 23.3 Å². The zero-order valence-corrected chi connectivity index (χ0v) is 8.10. The van der Waals surface area contributed by atoms with Crippen LogP contribution in [0.15, 0.2) is 29.2 Å². The van der Waals surface area contributed by atoms with Gasteiger partial charge in [-0.15, -0.1) is 0 Å². The van der Waals surface area contributed by atoms with Crippen LogP contribution >= 0.6 is 0 Å². The van der Waals surface area contributed by atoms with Gasteiger partial charge in [0.2, 0.25) is 0 Å². The summed E-state index contributed by atoms with van der Waals surface area (Å²) in [4.78, 5) is 0. The molecule has 0 saturated carbocycles. The van der Waals surface area contributed by atoms with Crippen molar-refractivity contribution in [3.63, 3.8) is 0 Å². The van der Waals surface area contributed by atoms with Gasteiger partial charge in [-0.05, 0) is 19.0 Å². The smallest absolute Gasteiger partial charge is 0.171 e. The molecule has 2 heterocycles. The van der Waals surface area contributed by atoms with E-state index in [-0.39, 0.29) is 0 Å². The van der Waals surface area contributed by atoms with Crippen LogP contribution < -0.4 is 5.73 Å². The summed E-state index contributed by atoms with van der Waals surface area (Å²) < 4.78 is 7.17.